The smallest absolute Gasteiger partial charge is 0.341 e. The van der Waals surface area contributed by atoms with E-state index in [2.05, 4.69) is 0 Å². The number of methoxy groups -OCH3 is 1. The van der Waals surface area contributed by atoms with Crippen molar-refractivity contribution in [1.29, 1.82) is 0 Å². The number of ether oxygens (including phenoxy) is 3. The summed E-state index contributed by atoms with van der Waals surface area (Å²) < 4.78 is 31.4. The number of esters is 1. The lowest BCUT2D eigenvalue weighted by Gasteiger charge is -2.56. The minimum absolute atomic E-state index is 0.131. The van der Waals surface area contributed by atoms with Gasteiger partial charge in [0.05, 0.1) is 19.3 Å². The van der Waals surface area contributed by atoms with Gasteiger partial charge in [0.25, 0.3) is 0 Å². The van der Waals surface area contributed by atoms with Crippen molar-refractivity contribution in [3.63, 3.8) is 0 Å². The molecule has 28 heavy (non-hydrogen) atoms. The summed E-state index contributed by atoms with van der Waals surface area (Å²) in [5, 5.41) is 0. The number of rotatable bonds is 5. The van der Waals surface area contributed by atoms with Crippen molar-refractivity contribution < 1.29 is 23.4 Å². The van der Waals surface area contributed by atoms with E-state index in [1.807, 2.05) is 0 Å². The second-order valence-corrected chi connectivity index (χ2v) is 10.2. The molecule has 0 heterocycles. The Kier molecular flexibility index (Phi) is 4.83. The highest BCUT2D eigenvalue weighted by Crippen LogP contribution is 2.60. The summed E-state index contributed by atoms with van der Waals surface area (Å²) in [7, 11) is 1.50. The van der Waals surface area contributed by atoms with Gasteiger partial charge in [0, 0.05) is 17.5 Å². The molecule has 4 aliphatic rings. The van der Waals surface area contributed by atoms with Gasteiger partial charge in [-0.15, -0.1) is 0 Å². The van der Waals surface area contributed by atoms with Gasteiger partial charge in [-0.25, -0.2) is 9.18 Å². The van der Waals surface area contributed by atoms with Crippen LogP contribution in [-0.2, 0) is 4.74 Å². The predicted molar refractivity (Wildman–Crippen MR) is 104 cm³/mol. The molecule has 4 nitrogen and oxygen atoms in total. The Hall–Kier alpha value is -1.78. The van der Waals surface area contributed by atoms with Gasteiger partial charge in [0.15, 0.2) is 11.5 Å². The standard InChI is InChI=1S/C23H31FO4/c1-22(2,3)28-21(25)17-8-19(26-4)20(9-18(17)24)27-13-23-10-14-5-15(11-23)7-16(6-14)12-23/h8-9,14-16H,5-7,10-13H2,1-4H3. The van der Waals surface area contributed by atoms with Gasteiger partial charge < -0.3 is 14.2 Å². The fraction of sp³-hybridized carbons (Fsp3) is 0.696. The van der Waals surface area contributed by atoms with Crippen LogP contribution >= 0.6 is 0 Å². The molecule has 4 saturated carbocycles. The maximum Gasteiger partial charge on any atom is 0.341 e. The van der Waals surface area contributed by atoms with Crippen LogP contribution in [0.15, 0.2) is 12.1 Å². The minimum atomic E-state index is -0.698. The van der Waals surface area contributed by atoms with Crippen molar-refractivity contribution in [1.82, 2.24) is 0 Å². The largest absolute Gasteiger partial charge is 0.493 e. The topological polar surface area (TPSA) is 44.8 Å². The van der Waals surface area contributed by atoms with E-state index in [0.29, 0.717) is 18.1 Å². The molecular weight excluding hydrogens is 359 g/mol. The van der Waals surface area contributed by atoms with Crippen LogP contribution in [-0.4, -0.2) is 25.3 Å². The Labute approximate surface area is 166 Å². The number of benzene rings is 1. The van der Waals surface area contributed by atoms with Crippen LogP contribution in [0.2, 0.25) is 0 Å². The molecule has 0 saturated heterocycles. The monoisotopic (exact) mass is 390 g/mol. The molecule has 0 unspecified atom stereocenters. The number of carbonyl (C=O) groups is 1. The number of hydrogen-bond donors (Lipinski definition) is 0. The molecule has 0 amide bonds. The maximum absolute atomic E-state index is 14.6. The number of carbonyl (C=O) groups excluding carboxylic acids is 1. The highest BCUT2D eigenvalue weighted by atomic mass is 19.1. The summed E-state index contributed by atoms with van der Waals surface area (Å²) in [4.78, 5) is 12.3. The molecule has 5 rings (SSSR count). The van der Waals surface area contributed by atoms with E-state index in [-0.39, 0.29) is 11.0 Å². The van der Waals surface area contributed by atoms with Gasteiger partial charge >= 0.3 is 5.97 Å². The van der Waals surface area contributed by atoms with Crippen LogP contribution in [0.25, 0.3) is 0 Å². The molecule has 1 aromatic carbocycles. The fourth-order valence-electron chi connectivity index (χ4n) is 5.99. The highest BCUT2D eigenvalue weighted by molar-refractivity contribution is 5.90. The minimum Gasteiger partial charge on any atom is -0.493 e. The molecule has 0 aromatic heterocycles. The number of halogens is 1. The Bertz CT molecular complexity index is 729. The third kappa shape index (κ3) is 3.85. The van der Waals surface area contributed by atoms with Crippen molar-refractivity contribution in [3.05, 3.63) is 23.5 Å². The van der Waals surface area contributed by atoms with Crippen LogP contribution in [0, 0.1) is 29.0 Å². The molecule has 0 radical (unpaired) electrons. The van der Waals surface area contributed by atoms with Crippen LogP contribution < -0.4 is 9.47 Å². The average Bonchev–Trinajstić information content (AvgIpc) is 2.57. The van der Waals surface area contributed by atoms with Crippen molar-refractivity contribution in [2.75, 3.05) is 13.7 Å². The first-order valence-electron chi connectivity index (χ1n) is 10.4. The van der Waals surface area contributed by atoms with E-state index >= 15 is 0 Å². The Morgan fingerprint density at radius 2 is 1.64 bits per heavy atom. The Balaban J connectivity index is 1.51. The van der Waals surface area contributed by atoms with Crippen LogP contribution in [0.1, 0.15) is 69.7 Å². The zero-order valence-electron chi connectivity index (χ0n) is 17.3. The van der Waals surface area contributed by atoms with Gasteiger partial charge in [0.1, 0.15) is 11.4 Å². The van der Waals surface area contributed by atoms with E-state index in [9.17, 15) is 9.18 Å². The zero-order valence-corrected chi connectivity index (χ0v) is 17.3. The second-order valence-electron chi connectivity index (χ2n) is 10.2. The molecule has 154 valence electrons. The number of hydrogen-bond acceptors (Lipinski definition) is 4. The predicted octanol–water partition coefficient (Wildman–Crippen LogP) is 5.38. The molecule has 0 spiro atoms. The summed E-state index contributed by atoms with van der Waals surface area (Å²) in [5.41, 5.74) is -0.598. The van der Waals surface area contributed by atoms with Crippen molar-refractivity contribution in [2.24, 2.45) is 23.2 Å². The van der Waals surface area contributed by atoms with Gasteiger partial charge in [-0.2, -0.15) is 0 Å². The summed E-state index contributed by atoms with van der Waals surface area (Å²) >= 11 is 0. The van der Waals surface area contributed by atoms with Gasteiger partial charge in [-0.1, -0.05) is 0 Å². The first-order valence-corrected chi connectivity index (χ1v) is 10.4. The molecule has 0 aliphatic heterocycles. The lowest BCUT2D eigenvalue weighted by molar-refractivity contribution is -0.0748. The van der Waals surface area contributed by atoms with Gasteiger partial charge in [0.2, 0.25) is 0 Å². The third-order valence-electron chi connectivity index (χ3n) is 6.57. The van der Waals surface area contributed by atoms with E-state index in [4.69, 9.17) is 14.2 Å². The van der Waals surface area contributed by atoms with Gasteiger partial charge in [-0.05, 0) is 77.0 Å². The van der Waals surface area contributed by atoms with E-state index in [0.717, 1.165) is 17.8 Å². The first-order chi connectivity index (χ1) is 13.2. The van der Waals surface area contributed by atoms with Crippen LogP contribution in [0.3, 0.4) is 0 Å². The Morgan fingerprint density at radius 3 is 2.14 bits per heavy atom. The normalized spacial score (nSPS) is 31.0. The van der Waals surface area contributed by atoms with E-state index < -0.39 is 17.4 Å². The third-order valence-corrected chi connectivity index (χ3v) is 6.57. The Morgan fingerprint density at radius 1 is 1.07 bits per heavy atom. The molecular formula is C23H31FO4. The molecule has 5 heteroatoms. The first kappa shape index (κ1) is 19.5. The SMILES string of the molecule is COc1cc(C(=O)OC(C)(C)C)c(F)cc1OCC12CC3CC(CC(C3)C1)C2. The molecule has 0 N–H and O–H groups in total. The lowest BCUT2D eigenvalue weighted by Crippen LogP contribution is -2.48. The van der Waals surface area contributed by atoms with E-state index in [1.54, 1.807) is 20.8 Å². The summed E-state index contributed by atoms with van der Waals surface area (Å²) in [5.74, 6) is 1.90. The van der Waals surface area contributed by atoms with Crippen LogP contribution in [0.4, 0.5) is 4.39 Å². The molecule has 1 aromatic rings. The molecule has 0 atom stereocenters. The van der Waals surface area contributed by atoms with Crippen LogP contribution in [0.5, 0.6) is 11.5 Å². The second kappa shape index (κ2) is 6.93. The summed E-state index contributed by atoms with van der Waals surface area (Å²) in [6.45, 7) is 5.85. The lowest BCUT2D eigenvalue weighted by atomic mass is 9.50. The van der Waals surface area contributed by atoms with Gasteiger partial charge in [-0.3, -0.25) is 0 Å². The zero-order chi connectivity index (χ0) is 20.1. The van der Waals surface area contributed by atoms with Crippen molar-refractivity contribution in [2.45, 2.75) is 64.9 Å². The highest BCUT2D eigenvalue weighted by Gasteiger charge is 2.51. The maximum atomic E-state index is 14.6. The molecule has 4 aliphatic carbocycles. The fourth-order valence-corrected chi connectivity index (χ4v) is 5.99. The van der Waals surface area contributed by atoms with E-state index in [1.165, 1.54) is 57.8 Å². The molecule has 4 bridgehead atoms. The summed E-state index contributed by atoms with van der Waals surface area (Å²) in [6.07, 6.45) is 7.80. The van der Waals surface area contributed by atoms with Crippen molar-refractivity contribution >= 4 is 5.97 Å². The average molecular weight is 390 g/mol. The quantitative estimate of drug-likeness (QED) is 0.633. The summed E-state index contributed by atoms with van der Waals surface area (Å²) in [6, 6.07) is 2.65. The van der Waals surface area contributed by atoms with Crippen molar-refractivity contribution in [3.8, 4) is 11.5 Å². The molecule has 4 fully saturated rings.